The van der Waals surface area contributed by atoms with Gasteiger partial charge in [0, 0.05) is 19.4 Å². The van der Waals surface area contributed by atoms with Gasteiger partial charge in [-0.25, -0.2) is 0 Å². The van der Waals surface area contributed by atoms with Crippen molar-refractivity contribution in [1.29, 1.82) is 0 Å². The Kier molecular flexibility index (Phi) is 11.6. The molecule has 0 aromatic heterocycles. The van der Waals surface area contributed by atoms with Crippen molar-refractivity contribution in [3.05, 3.63) is 0 Å². The molecule has 0 bridgehead atoms. The third kappa shape index (κ3) is 8.70. The van der Waals surface area contributed by atoms with Gasteiger partial charge in [0.1, 0.15) is 6.10 Å². The predicted molar refractivity (Wildman–Crippen MR) is 97.7 cm³/mol. The summed E-state index contributed by atoms with van der Waals surface area (Å²) in [6.45, 7) is 10.8. The summed E-state index contributed by atoms with van der Waals surface area (Å²) in [6.07, 6.45) is 7.13. The number of rotatable bonds is 12. The van der Waals surface area contributed by atoms with Gasteiger partial charge in [-0.3, -0.25) is 9.69 Å². The van der Waals surface area contributed by atoms with Gasteiger partial charge < -0.3 is 9.47 Å². The van der Waals surface area contributed by atoms with Gasteiger partial charge in [0.2, 0.25) is 0 Å². The van der Waals surface area contributed by atoms with E-state index in [0.717, 1.165) is 39.1 Å². The van der Waals surface area contributed by atoms with Gasteiger partial charge in [0.05, 0.1) is 19.1 Å². The quantitative estimate of drug-likeness (QED) is 0.310. The SMILES string of the molecule is CCCCN(CC#CC[C@@H]1C[C@H](COCCC)OC1=O)CCCC. The summed E-state index contributed by atoms with van der Waals surface area (Å²) in [5.41, 5.74) is 0. The number of hydrogen-bond acceptors (Lipinski definition) is 4. The second-order valence-corrected chi connectivity index (χ2v) is 6.61. The standard InChI is InChI=1S/C20H35NO3/c1-4-7-12-21(13-8-5-2)14-10-9-11-18-16-19(24-20(18)22)17-23-15-6-3/h18-19H,4-8,11-17H2,1-3H3/t18-,19-/m1/s1. The molecule has 0 saturated carbocycles. The molecule has 4 nitrogen and oxygen atoms in total. The maximum atomic E-state index is 11.9. The number of hydrogen-bond donors (Lipinski definition) is 0. The van der Waals surface area contributed by atoms with E-state index in [9.17, 15) is 4.79 Å². The molecule has 0 unspecified atom stereocenters. The van der Waals surface area contributed by atoms with Crippen molar-refractivity contribution >= 4 is 5.97 Å². The van der Waals surface area contributed by atoms with Crippen LogP contribution in [0.1, 0.15) is 65.7 Å². The first-order valence-corrected chi connectivity index (χ1v) is 9.67. The number of carbonyl (C=O) groups is 1. The molecule has 1 rings (SSSR count). The zero-order valence-electron chi connectivity index (χ0n) is 15.8. The van der Waals surface area contributed by atoms with Crippen molar-refractivity contribution in [2.75, 3.05) is 32.8 Å². The lowest BCUT2D eigenvalue weighted by Crippen LogP contribution is -2.26. The molecule has 1 aliphatic heterocycles. The third-order valence-corrected chi connectivity index (χ3v) is 4.25. The van der Waals surface area contributed by atoms with Crippen LogP contribution in [0.25, 0.3) is 0 Å². The van der Waals surface area contributed by atoms with Gasteiger partial charge >= 0.3 is 5.97 Å². The first-order valence-electron chi connectivity index (χ1n) is 9.67. The fourth-order valence-electron chi connectivity index (χ4n) is 2.75. The topological polar surface area (TPSA) is 38.8 Å². The van der Waals surface area contributed by atoms with E-state index in [1.54, 1.807) is 0 Å². The predicted octanol–water partition coefficient (Wildman–Crippen LogP) is 3.64. The van der Waals surface area contributed by atoms with Crippen molar-refractivity contribution < 1.29 is 14.3 Å². The Balaban J connectivity index is 2.31. The second kappa shape index (κ2) is 13.3. The highest BCUT2D eigenvalue weighted by Gasteiger charge is 2.33. The largest absolute Gasteiger partial charge is 0.460 e. The molecular formula is C20H35NO3. The molecule has 0 spiro atoms. The maximum absolute atomic E-state index is 11.9. The van der Waals surface area contributed by atoms with Crippen LogP contribution in [-0.2, 0) is 14.3 Å². The van der Waals surface area contributed by atoms with Crippen molar-refractivity contribution in [3.63, 3.8) is 0 Å². The average molecular weight is 338 g/mol. The molecule has 0 amide bonds. The van der Waals surface area contributed by atoms with E-state index >= 15 is 0 Å². The van der Waals surface area contributed by atoms with Crippen LogP contribution in [0, 0.1) is 17.8 Å². The van der Waals surface area contributed by atoms with E-state index in [4.69, 9.17) is 9.47 Å². The Labute approximate surface area is 148 Å². The van der Waals surface area contributed by atoms with Crippen molar-refractivity contribution in [2.45, 2.75) is 71.8 Å². The summed E-state index contributed by atoms with van der Waals surface area (Å²) in [5, 5.41) is 0. The van der Waals surface area contributed by atoms with Crippen LogP contribution in [0.2, 0.25) is 0 Å². The number of carbonyl (C=O) groups excluding carboxylic acids is 1. The van der Waals surface area contributed by atoms with Gasteiger partial charge in [-0.15, -0.1) is 5.92 Å². The Morgan fingerprint density at radius 2 is 1.83 bits per heavy atom. The zero-order valence-corrected chi connectivity index (χ0v) is 15.8. The highest BCUT2D eigenvalue weighted by molar-refractivity contribution is 5.75. The molecule has 1 aliphatic rings. The molecule has 1 heterocycles. The number of nitrogens with zero attached hydrogens (tertiary/aromatic N) is 1. The lowest BCUT2D eigenvalue weighted by Gasteiger charge is -2.18. The van der Waals surface area contributed by atoms with Crippen LogP contribution in [-0.4, -0.2) is 49.8 Å². The smallest absolute Gasteiger partial charge is 0.310 e. The number of unbranched alkanes of at least 4 members (excludes halogenated alkanes) is 2. The molecule has 24 heavy (non-hydrogen) atoms. The fourth-order valence-corrected chi connectivity index (χ4v) is 2.75. The van der Waals surface area contributed by atoms with Crippen LogP contribution in [0.5, 0.6) is 0 Å². The van der Waals surface area contributed by atoms with E-state index in [-0.39, 0.29) is 18.0 Å². The molecule has 0 N–H and O–H groups in total. The molecule has 1 fully saturated rings. The minimum absolute atomic E-state index is 0.0764. The summed E-state index contributed by atoms with van der Waals surface area (Å²) in [7, 11) is 0. The Morgan fingerprint density at radius 1 is 1.12 bits per heavy atom. The lowest BCUT2D eigenvalue weighted by molar-refractivity contribution is -0.146. The normalized spacial score (nSPS) is 20.1. The zero-order chi connectivity index (χ0) is 17.6. The Bertz CT molecular complexity index is 391. The van der Waals surface area contributed by atoms with E-state index < -0.39 is 0 Å². The third-order valence-electron chi connectivity index (χ3n) is 4.25. The minimum atomic E-state index is -0.108. The van der Waals surface area contributed by atoms with Crippen LogP contribution in [0.3, 0.4) is 0 Å². The minimum Gasteiger partial charge on any atom is -0.460 e. The highest BCUT2D eigenvalue weighted by atomic mass is 16.6. The van der Waals surface area contributed by atoms with E-state index in [2.05, 4.69) is 37.5 Å². The molecule has 1 saturated heterocycles. The van der Waals surface area contributed by atoms with E-state index in [0.29, 0.717) is 13.0 Å². The Hall–Kier alpha value is -1.05. The summed E-state index contributed by atoms with van der Waals surface area (Å²) >= 11 is 0. The summed E-state index contributed by atoms with van der Waals surface area (Å²) in [6, 6.07) is 0. The molecule has 2 atom stereocenters. The van der Waals surface area contributed by atoms with Gasteiger partial charge in [-0.2, -0.15) is 0 Å². The van der Waals surface area contributed by atoms with Crippen LogP contribution < -0.4 is 0 Å². The summed E-state index contributed by atoms with van der Waals surface area (Å²) < 4.78 is 10.8. The first-order chi connectivity index (χ1) is 11.7. The molecule has 0 aromatic carbocycles. The summed E-state index contributed by atoms with van der Waals surface area (Å²) in [5.74, 6) is 6.27. The van der Waals surface area contributed by atoms with Crippen molar-refractivity contribution in [3.8, 4) is 11.8 Å². The number of esters is 1. The number of ether oxygens (including phenoxy) is 2. The van der Waals surface area contributed by atoms with Crippen LogP contribution >= 0.6 is 0 Å². The van der Waals surface area contributed by atoms with Crippen molar-refractivity contribution in [1.82, 2.24) is 4.90 Å². The monoisotopic (exact) mass is 337 g/mol. The molecular weight excluding hydrogens is 302 g/mol. The molecule has 0 radical (unpaired) electrons. The average Bonchev–Trinajstić information content (AvgIpc) is 2.93. The first kappa shape index (κ1) is 21.0. The number of cyclic esters (lactones) is 1. The van der Waals surface area contributed by atoms with Crippen LogP contribution in [0.15, 0.2) is 0 Å². The second-order valence-electron chi connectivity index (χ2n) is 6.61. The van der Waals surface area contributed by atoms with Gasteiger partial charge in [0.15, 0.2) is 0 Å². The maximum Gasteiger partial charge on any atom is 0.310 e. The lowest BCUT2D eigenvalue weighted by atomic mass is 10.0. The Morgan fingerprint density at radius 3 is 2.46 bits per heavy atom. The summed E-state index contributed by atoms with van der Waals surface area (Å²) in [4.78, 5) is 14.3. The van der Waals surface area contributed by atoms with Gasteiger partial charge in [0.25, 0.3) is 0 Å². The van der Waals surface area contributed by atoms with Gasteiger partial charge in [-0.05, 0) is 32.4 Å². The molecule has 138 valence electrons. The molecule has 0 aliphatic carbocycles. The van der Waals surface area contributed by atoms with E-state index in [1.807, 2.05) is 0 Å². The molecule has 0 aromatic rings. The van der Waals surface area contributed by atoms with Gasteiger partial charge in [-0.1, -0.05) is 39.5 Å². The van der Waals surface area contributed by atoms with Crippen LogP contribution in [0.4, 0.5) is 0 Å². The van der Waals surface area contributed by atoms with E-state index in [1.165, 1.54) is 25.7 Å². The fraction of sp³-hybridized carbons (Fsp3) is 0.850. The van der Waals surface area contributed by atoms with Crippen molar-refractivity contribution in [2.24, 2.45) is 5.92 Å². The highest BCUT2D eigenvalue weighted by Crippen LogP contribution is 2.23. The molecule has 4 heteroatoms.